The Hall–Kier alpha value is 0.985. The van der Waals surface area contributed by atoms with E-state index in [2.05, 4.69) is 19.4 Å². The van der Waals surface area contributed by atoms with E-state index in [-0.39, 0.29) is 245 Å². The molecule has 0 bridgehead atoms. The van der Waals surface area contributed by atoms with E-state index in [0.29, 0.717) is 0 Å². The maximum atomic E-state index is 12.2. The quantitative estimate of drug-likeness (QED) is 0.0614. The second kappa shape index (κ2) is 35.8. The molecule has 0 N–H and O–H groups in total. The third-order valence-electron chi connectivity index (χ3n) is 5.22. The minimum absolute atomic E-state index is 0. The molecule has 46 heavy (non-hydrogen) atoms. The summed E-state index contributed by atoms with van der Waals surface area (Å²) in [5.74, 6) is -6.11. The summed E-state index contributed by atoms with van der Waals surface area (Å²) in [5.41, 5.74) is 0. The van der Waals surface area contributed by atoms with Crippen molar-refractivity contribution < 1.29 is 234 Å². The van der Waals surface area contributed by atoms with Gasteiger partial charge in [0.15, 0.2) is 23.4 Å². The van der Waals surface area contributed by atoms with Crippen molar-refractivity contribution in [1.29, 1.82) is 21.0 Å². The summed E-state index contributed by atoms with van der Waals surface area (Å²) < 4.78 is 10.8. The smallest absolute Gasteiger partial charge is 0.378 e. The zero-order valence-electron chi connectivity index (χ0n) is 26.3. The molecule has 0 aliphatic carbocycles. The van der Waals surface area contributed by atoms with Crippen LogP contribution in [0.4, 0.5) is 0 Å². The van der Waals surface area contributed by atoms with Gasteiger partial charge in [-0.3, -0.25) is 29.0 Å². The normalized spacial score (nSPS) is 9.26. The Kier molecular flexibility index (Phi) is 43.9. The van der Waals surface area contributed by atoms with Crippen LogP contribution in [0.15, 0.2) is 0 Å². The van der Waals surface area contributed by atoms with Crippen LogP contribution in [0.25, 0.3) is 19.4 Å². The third-order valence-corrected chi connectivity index (χ3v) is 5.22. The molecular formula is C26H24K4N10O6+4. The van der Waals surface area contributed by atoms with E-state index in [0.717, 1.165) is 0 Å². The molecule has 0 aromatic rings. The van der Waals surface area contributed by atoms with Crippen LogP contribution >= 0.6 is 0 Å². The molecule has 0 fully saturated rings. The van der Waals surface area contributed by atoms with Crippen LogP contribution in [0.5, 0.6) is 0 Å². The molecular weight excluding hydrogens is 705 g/mol. The first-order chi connectivity index (χ1) is 20.1. The Morgan fingerprint density at radius 2 is 0.783 bits per heavy atom. The van der Waals surface area contributed by atoms with Gasteiger partial charge in [0.25, 0.3) is 0 Å². The largest absolute Gasteiger partial charge is 1.00 e. The Balaban J connectivity index is -0.00000140. The molecule has 0 saturated heterocycles. The van der Waals surface area contributed by atoms with Gasteiger partial charge in [0.2, 0.25) is 0 Å². The number of hydrogen-bond donors (Lipinski definition) is 0. The minimum Gasteiger partial charge on any atom is -0.378 e. The van der Waals surface area contributed by atoms with Crippen LogP contribution in [0.3, 0.4) is 0 Å². The molecule has 0 heterocycles. The molecule has 0 unspecified atom stereocenters. The number of nitriles is 4. The molecule has 0 atom stereocenters. The van der Waals surface area contributed by atoms with Crippen LogP contribution in [0.2, 0.25) is 0 Å². The van der Waals surface area contributed by atoms with Crippen molar-refractivity contribution in [1.82, 2.24) is 9.80 Å². The summed E-state index contributed by atoms with van der Waals surface area (Å²) in [6.07, 6.45) is -3.15. The van der Waals surface area contributed by atoms with Gasteiger partial charge in [0, 0.05) is 13.1 Å². The maximum Gasteiger partial charge on any atom is 1.00 e. The second-order valence-electron chi connectivity index (χ2n) is 8.16. The van der Waals surface area contributed by atoms with E-state index in [1.807, 2.05) is 0 Å². The van der Waals surface area contributed by atoms with Crippen molar-refractivity contribution in [2.75, 3.05) is 65.7 Å². The standard InChI is InChI=1S/C26H24N10O6.4K/c1-31-25(32-2)23(39)17-36(18-24(40)26(33-3)34-4)6-8-42-10-9-41-7-5-35(15-21(37)19(11-27)12-28)16-22(38)20(13-29)14-30;;;;/h19-20,25-26H,5-10,15-18H2;;;;/q;4*+1. The van der Waals surface area contributed by atoms with Gasteiger partial charge in [-0.05, 0) is 0 Å². The fourth-order valence-corrected chi connectivity index (χ4v) is 3.06. The minimum atomic E-state index is -1.57. The summed E-state index contributed by atoms with van der Waals surface area (Å²) >= 11 is 0. The maximum absolute atomic E-state index is 12.2. The Morgan fingerprint density at radius 3 is 1.02 bits per heavy atom. The molecule has 214 valence electrons. The van der Waals surface area contributed by atoms with Crippen LogP contribution < -0.4 is 206 Å². The molecule has 0 aliphatic rings. The number of Topliss-reactive ketones (excluding diaryl/α,β-unsaturated/α-hetero) is 4. The number of carbonyl (C=O) groups excluding carboxylic acids is 4. The zero-order valence-corrected chi connectivity index (χ0v) is 38.8. The topological polar surface area (TPSA) is 206 Å². The first-order valence-electron chi connectivity index (χ1n) is 11.9. The number of ether oxygens (including phenoxy) is 2. The summed E-state index contributed by atoms with van der Waals surface area (Å²) in [4.78, 5) is 62.8. The first kappa shape index (κ1) is 56.4. The summed E-state index contributed by atoms with van der Waals surface area (Å²) in [5, 5.41) is 35.6. The number of rotatable bonds is 21. The Labute approximate surface area is 438 Å². The molecule has 0 saturated carbocycles. The summed E-state index contributed by atoms with van der Waals surface area (Å²) in [6, 6.07) is 6.14. The van der Waals surface area contributed by atoms with Gasteiger partial charge in [-0.1, -0.05) is 0 Å². The van der Waals surface area contributed by atoms with Crippen LogP contribution in [0, 0.1) is 83.4 Å². The third kappa shape index (κ3) is 24.2. The second-order valence-corrected chi connectivity index (χ2v) is 8.16. The van der Waals surface area contributed by atoms with E-state index < -0.39 is 73.5 Å². The van der Waals surface area contributed by atoms with Gasteiger partial charge < -0.3 is 9.47 Å². The molecule has 0 radical (unpaired) electrons. The molecule has 0 aromatic heterocycles. The van der Waals surface area contributed by atoms with Crippen molar-refractivity contribution in [3.63, 3.8) is 0 Å². The monoisotopic (exact) mass is 728 g/mol. The molecule has 16 nitrogen and oxygen atoms in total. The van der Waals surface area contributed by atoms with Gasteiger partial charge >= 0.3 is 229 Å². The van der Waals surface area contributed by atoms with Crippen LogP contribution in [-0.4, -0.2) is 111 Å². The van der Waals surface area contributed by atoms with Crippen molar-refractivity contribution in [2.24, 2.45) is 11.8 Å². The molecule has 0 spiro atoms. The summed E-state index contributed by atoms with van der Waals surface area (Å²) in [7, 11) is 0. The van der Waals surface area contributed by atoms with Gasteiger partial charge in [-0.25, -0.2) is 45.7 Å². The average Bonchev–Trinajstić information content (AvgIpc) is 2.96. The Bertz CT molecular complexity index is 1090. The molecule has 0 amide bonds. The van der Waals surface area contributed by atoms with E-state index in [9.17, 15) is 19.2 Å². The molecule has 20 heteroatoms. The first-order valence-corrected chi connectivity index (χ1v) is 11.9. The number of carbonyl (C=O) groups is 4. The number of hydrogen-bond acceptors (Lipinski definition) is 12. The zero-order chi connectivity index (χ0) is 31.9. The van der Waals surface area contributed by atoms with E-state index in [4.69, 9.17) is 56.8 Å². The van der Waals surface area contributed by atoms with E-state index in [1.165, 1.54) is 34.1 Å². The van der Waals surface area contributed by atoms with Crippen molar-refractivity contribution >= 4 is 23.1 Å². The average molecular weight is 729 g/mol. The van der Waals surface area contributed by atoms with Gasteiger partial charge in [0.05, 0.1) is 76.9 Å². The van der Waals surface area contributed by atoms with Crippen LogP contribution in [0.1, 0.15) is 0 Å². The molecule has 0 rings (SSSR count). The molecule has 0 aromatic carbocycles. The number of nitrogens with zero attached hydrogens (tertiary/aromatic N) is 10. The fourth-order valence-electron chi connectivity index (χ4n) is 3.06. The SMILES string of the molecule is [C-]#[N+]C([N+]#[C-])C(=O)CN(CCOCCOCCN(CC(=O)C(C#N)C#N)CC(=O)C(C#N)C#N)CC(=O)C([N+]#[C-])[N+]#[C-].[K+].[K+].[K+].[K+]. The van der Waals surface area contributed by atoms with E-state index >= 15 is 0 Å². The van der Waals surface area contributed by atoms with Crippen molar-refractivity contribution in [3.05, 3.63) is 45.7 Å². The van der Waals surface area contributed by atoms with Crippen molar-refractivity contribution in [2.45, 2.75) is 12.3 Å². The van der Waals surface area contributed by atoms with Gasteiger partial charge in [-0.15, -0.1) is 0 Å². The molecule has 0 aliphatic heterocycles. The van der Waals surface area contributed by atoms with Crippen LogP contribution in [-0.2, 0) is 28.7 Å². The van der Waals surface area contributed by atoms with Gasteiger partial charge in [0.1, 0.15) is 0 Å². The fraction of sp³-hybridized carbons (Fsp3) is 0.538. The number of ketones is 4. The predicted octanol–water partition coefficient (Wildman–Crippen LogP) is -12.4. The van der Waals surface area contributed by atoms with Crippen molar-refractivity contribution in [3.8, 4) is 24.3 Å². The Morgan fingerprint density at radius 1 is 0.522 bits per heavy atom. The van der Waals surface area contributed by atoms with Gasteiger partial charge in [-0.2, -0.15) is 21.0 Å². The summed E-state index contributed by atoms with van der Waals surface area (Å²) in [6.45, 7) is 25.9. The predicted molar refractivity (Wildman–Crippen MR) is 138 cm³/mol. The van der Waals surface area contributed by atoms with E-state index in [1.54, 1.807) is 0 Å².